The fourth-order valence-electron chi connectivity index (χ4n) is 1.47. The van der Waals surface area contributed by atoms with Crippen LogP contribution in [0.3, 0.4) is 0 Å². The zero-order chi connectivity index (χ0) is 13.1. The predicted molar refractivity (Wildman–Crippen MR) is 72.4 cm³/mol. The molecule has 0 aliphatic rings. The minimum Gasteiger partial charge on any atom is -0.318 e. The van der Waals surface area contributed by atoms with E-state index in [9.17, 15) is 0 Å². The van der Waals surface area contributed by atoms with Crippen LogP contribution in [0.15, 0.2) is 30.8 Å². The first-order valence-electron chi connectivity index (χ1n) is 5.15. The highest BCUT2D eigenvalue weighted by Gasteiger charge is 2.14. The molecule has 0 bridgehead atoms. The van der Waals surface area contributed by atoms with E-state index in [2.05, 4.69) is 21.5 Å². The van der Waals surface area contributed by atoms with Gasteiger partial charge in [-0.2, -0.15) is 4.98 Å². The van der Waals surface area contributed by atoms with Crippen LogP contribution in [0.5, 0.6) is 0 Å². The summed E-state index contributed by atoms with van der Waals surface area (Å²) >= 11 is 11.4. The number of halogens is 2. The Kier molecular flexibility index (Phi) is 3.91. The molecule has 2 N–H and O–H groups in total. The first-order chi connectivity index (χ1) is 8.60. The maximum atomic E-state index is 6.05. The van der Waals surface area contributed by atoms with Gasteiger partial charge < -0.3 is 5.73 Å². The lowest BCUT2D eigenvalue weighted by molar-refractivity contribution is 0.766. The van der Waals surface area contributed by atoms with Crippen LogP contribution in [0, 0.1) is 0 Å². The van der Waals surface area contributed by atoms with Gasteiger partial charge >= 0.3 is 0 Å². The number of hydrogen-bond donors (Lipinski definition) is 1. The monoisotopic (exact) mass is 280 g/mol. The van der Waals surface area contributed by atoms with Crippen LogP contribution in [0.2, 0.25) is 10.6 Å². The fourth-order valence-corrected chi connectivity index (χ4v) is 1.84. The molecule has 0 radical (unpaired) electrons. The highest BCUT2D eigenvalue weighted by atomic mass is 35.5. The number of benzene rings is 1. The smallest absolute Gasteiger partial charge is 0.226 e. The lowest BCUT2D eigenvalue weighted by Crippen LogP contribution is -2.16. The molecule has 92 valence electrons. The van der Waals surface area contributed by atoms with Crippen LogP contribution in [0.25, 0.3) is 6.08 Å². The molecule has 6 heteroatoms. The first kappa shape index (κ1) is 13.0. The van der Waals surface area contributed by atoms with E-state index in [1.54, 1.807) is 6.08 Å². The van der Waals surface area contributed by atoms with E-state index in [-0.39, 0.29) is 10.6 Å². The normalized spacial score (nSPS) is 12.2. The van der Waals surface area contributed by atoms with Crippen molar-refractivity contribution in [2.45, 2.75) is 6.04 Å². The molecule has 18 heavy (non-hydrogen) atoms. The van der Waals surface area contributed by atoms with E-state index in [1.807, 2.05) is 24.3 Å². The van der Waals surface area contributed by atoms with Gasteiger partial charge in [-0.05, 0) is 34.3 Å². The average molecular weight is 281 g/mol. The molecule has 0 aliphatic carbocycles. The molecule has 0 aliphatic heterocycles. The van der Waals surface area contributed by atoms with E-state index >= 15 is 0 Å². The molecule has 1 unspecified atom stereocenters. The first-order valence-corrected chi connectivity index (χ1v) is 5.90. The second-order valence-corrected chi connectivity index (χ2v) is 4.26. The number of hydrogen-bond acceptors (Lipinski definition) is 4. The molecule has 1 atom stereocenters. The second-order valence-electron chi connectivity index (χ2n) is 3.58. The predicted octanol–water partition coefficient (Wildman–Crippen LogP) is 2.87. The summed E-state index contributed by atoms with van der Waals surface area (Å²) in [5.41, 5.74) is 7.92. The van der Waals surface area contributed by atoms with Crippen LogP contribution >= 0.6 is 23.2 Å². The molecule has 4 nitrogen and oxygen atoms in total. The maximum absolute atomic E-state index is 6.05. The van der Waals surface area contributed by atoms with Crippen molar-refractivity contribution in [2.75, 3.05) is 0 Å². The van der Waals surface area contributed by atoms with Gasteiger partial charge in [-0.1, -0.05) is 36.9 Å². The number of nitrogens with two attached hydrogens (primary N) is 1. The minimum atomic E-state index is -0.498. The van der Waals surface area contributed by atoms with Crippen molar-refractivity contribution in [1.29, 1.82) is 0 Å². The highest BCUT2D eigenvalue weighted by Crippen LogP contribution is 2.19. The minimum absolute atomic E-state index is 0.0307. The zero-order valence-corrected chi connectivity index (χ0v) is 10.9. The summed E-state index contributed by atoms with van der Waals surface area (Å²) in [5.74, 6) is 0.339. The average Bonchev–Trinajstić information content (AvgIpc) is 2.37. The number of rotatable bonds is 3. The lowest BCUT2D eigenvalue weighted by atomic mass is 10.1. The maximum Gasteiger partial charge on any atom is 0.226 e. The van der Waals surface area contributed by atoms with Crippen LogP contribution in [0.1, 0.15) is 23.0 Å². The van der Waals surface area contributed by atoms with Crippen molar-refractivity contribution in [3.63, 3.8) is 0 Å². The Hall–Kier alpha value is -1.49. The third kappa shape index (κ3) is 2.85. The number of aromatic nitrogens is 3. The third-order valence-corrected chi connectivity index (χ3v) is 2.75. The third-order valence-electron chi connectivity index (χ3n) is 2.41. The lowest BCUT2D eigenvalue weighted by Gasteiger charge is -2.11. The summed E-state index contributed by atoms with van der Waals surface area (Å²) in [6.07, 6.45) is 1.76. The SMILES string of the molecule is C=Cc1ccc(C(N)c2nc(Cl)nc(Cl)n2)cc1. The van der Waals surface area contributed by atoms with Gasteiger partial charge in [-0.25, -0.2) is 9.97 Å². The second kappa shape index (κ2) is 5.44. The van der Waals surface area contributed by atoms with Crippen LogP contribution in [-0.2, 0) is 0 Å². The molecule has 2 aromatic rings. The quantitative estimate of drug-likeness (QED) is 0.939. The summed E-state index contributed by atoms with van der Waals surface area (Å²) < 4.78 is 0. The summed E-state index contributed by atoms with van der Waals surface area (Å²) in [7, 11) is 0. The van der Waals surface area contributed by atoms with Gasteiger partial charge in [0.15, 0.2) is 5.82 Å². The molecule has 0 spiro atoms. The molecule has 2 rings (SSSR count). The van der Waals surface area contributed by atoms with E-state index < -0.39 is 6.04 Å². The Balaban J connectivity index is 2.34. The fraction of sp³-hybridized carbons (Fsp3) is 0.0833. The molecule has 1 heterocycles. The van der Waals surface area contributed by atoms with Crippen molar-refractivity contribution < 1.29 is 0 Å². The Morgan fingerprint density at radius 2 is 1.61 bits per heavy atom. The summed E-state index contributed by atoms with van der Waals surface area (Å²) in [6, 6.07) is 7.08. The van der Waals surface area contributed by atoms with Crippen molar-refractivity contribution in [3.8, 4) is 0 Å². The van der Waals surface area contributed by atoms with E-state index in [0.29, 0.717) is 5.82 Å². The van der Waals surface area contributed by atoms with Crippen molar-refractivity contribution >= 4 is 29.3 Å². The van der Waals surface area contributed by atoms with Gasteiger partial charge in [-0.15, -0.1) is 0 Å². The standard InChI is InChI=1S/C12H10Cl2N4/c1-2-7-3-5-8(6-4-7)9(15)10-16-11(13)18-12(14)17-10/h2-6,9H,1,15H2. The van der Waals surface area contributed by atoms with Gasteiger partial charge in [0.2, 0.25) is 10.6 Å². The molecule has 0 saturated carbocycles. The van der Waals surface area contributed by atoms with E-state index in [1.165, 1.54) is 0 Å². The van der Waals surface area contributed by atoms with Crippen LogP contribution in [0.4, 0.5) is 0 Å². The highest BCUT2D eigenvalue weighted by molar-refractivity contribution is 6.31. The van der Waals surface area contributed by atoms with E-state index in [0.717, 1.165) is 11.1 Å². The van der Waals surface area contributed by atoms with Gasteiger partial charge in [0.25, 0.3) is 0 Å². The van der Waals surface area contributed by atoms with Crippen LogP contribution < -0.4 is 5.73 Å². The molecule has 1 aromatic carbocycles. The molecular weight excluding hydrogens is 271 g/mol. The zero-order valence-electron chi connectivity index (χ0n) is 9.35. The number of nitrogens with zero attached hydrogens (tertiary/aromatic N) is 3. The summed E-state index contributed by atoms with van der Waals surface area (Å²) in [6.45, 7) is 3.69. The summed E-state index contributed by atoms with van der Waals surface area (Å²) in [4.78, 5) is 11.6. The Labute approximate surface area is 114 Å². The van der Waals surface area contributed by atoms with Crippen molar-refractivity contribution in [3.05, 3.63) is 58.4 Å². The van der Waals surface area contributed by atoms with Gasteiger partial charge in [0, 0.05) is 0 Å². The molecule has 0 saturated heterocycles. The summed E-state index contributed by atoms with van der Waals surface area (Å²) in [5, 5.41) is 0.0614. The van der Waals surface area contributed by atoms with E-state index in [4.69, 9.17) is 28.9 Å². The Bertz CT molecular complexity index is 549. The largest absolute Gasteiger partial charge is 0.318 e. The molecule has 1 aromatic heterocycles. The topological polar surface area (TPSA) is 64.7 Å². The van der Waals surface area contributed by atoms with Crippen LogP contribution in [-0.4, -0.2) is 15.0 Å². The molecular formula is C12H10Cl2N4. The Morgan fingerprint density at radius 3 is 2.11 bits per heavy atom. The van der Waals surface area contributed by atoms with Gasteiger partial charge in [0.05, 0.1) is 6.04 Å². The van der Waals surface area contributed by atoms with Gasteiger partial charge in [-0.3, -0.25) is 0 Å². The van der Waals surface area contributed by atoms with Crippen molar-refractivity contribution in [1.82, 2.24) is 15.0 Å². The Morgan fingerprint density at radius 1 is 1.06 bits per heavy atom. The molecule has 0 fully saturated rings. The molecule has 0 amide bonds. The van der Waals surface area contributed by atoms with Crippen molar-refractivity contribution in [2.24, 2.45) is 5.73 Å². The van der Waals surface area contributed by atoms with Gasteiger partial charge in [0.1, 0.15) is 0 Å².